The first-order chi connectivity index (χ1) is 19.4. The number of nitrogens with zero attached hydrogens (tertiary/aromatic N) is 1. The van der Waals surface area contributed by atoms with Crippen molar-refractivity contribution in [1.29, 1.82) is 0 Å². The molecule has 0 aliphatic rings. The van der Waals surface area contributed by atoms with Gasteiger partial charge in [0.1, 0.15) is 0 Å². The van der Waals surface area contributed by atoms with E-state index in [4.69, 9.17) is 4.74 Å². The van der Waals surface area contributed by atoms with Crippen molar-refractivity contribution in [2.24, 2.45) is 0 Å². The lowest BCUT2D eigenvalue weighted by Gasteiger charge is -2.19. The largest absolute Gasteiger partial charge is 0.478 e. The summed E-state index contributed by atoms with van der Waals surface area (Å²) in [6.45, 7) is 2.84. The second-order valence-corrected chi connectivity index (χ2v) is 9.96. The molecular formula is C33H40N2O5. The lowest BCUT2D eigenvalue weighted by atomic mass is 10.0. The number of urea groups is 1. The Morgan fingerprint density at radius 3 is 2.27 bits per heavy atom. The fourth-order valence-corrected chi connectivity index (χ4v) is 4.39. The van der Waals surface area contributed by atoms with E-state index in [0.717, 1.165) is 40.8 Å². The fraction of sp³-hybridized carbons (Fsp3) is 0.364. The van der Waals surface area contributed by atoms with Crippen molar-refractivity contribution in [3.63, 3.8) is 0 Å². The summed E-state index contributed by atoms with van der Waals surface area (Å²) in [7, 11) is 1.75. The Labute approximate surface area is 237 Å². The third-order valence-electron chi connectivity index (χ3n) is 6.81. The highest BCUT2D eigenvalue weighted by Crippen LogP contribution is 2.25. The SMILES string of the molecule is CCCCCCCNC(=O)N(C)c1cccc(-c2ccc(CC(OC(=O)CCc3ccccc3)C(=O)O)cc2)c1. The molecule has 0 saturated carbocycles. The molecule has 7 nitrogen and oxygen atoms in total. The first-order valence-corrected chi connectivity index (χ1v) is 14.0. The van der Waals surface area contributed by atoms with Gasteiger partial charge in [-0.2, -0.15) is 0 Å². The molecule has 0 aromatic heterocycles. The van der Waals surface area contributed by atoms with Crippen LogP contribution >= 0.6 is 0 Å². The van der Waals surface area contributed by atoms with Crippen LogP contribution in [0, 0.1) is 0 Å². The molecule has 7 heteroatoms. The molecule has 212 valence electrons. The highest BCUT2D eigenvalue weighted by molar-refractivity contribution is 5.92. The zero-order valence-corrected chi connectivity index (χ0v) is 23.5. The Kier molecular flexibility index (Phi) is 12.2. The van der Waals surface area contributed by atoms with Crippen molar-refractivity contribution in [1.82, 2.24) is 5.32 Å². The number of rotatable bonds is 15. The number of unbranched alkanes of at least 4 members (excludes halogenated alkanes) is 4. The van der Waals surface area contributed by atoms with E-state index in [1.165, 1.54) is 19.3 Å². The third-order valence-corrected chi connectivity index (χ3v) is 6.81. The number of hydrogen-bond donors (Lipinski definition) is 2. The van der Waals surface area contributed by atoms with Crippen molar-refractivity contribution in [2.45, 2.75) is 64.4 Å². The van der Waals surface area contributed by atoms with Gasteiger partial charge in [-0.1, -0.05) is 99.3 Å². The van der Waals surface area contributed by atoms with E-state index in [1.807, 2.05) is 78.9 Å². The molecule has 1 unspecified atom stereocenters. The van der Waals surface area contributed by atoms with Gasteiger partial charge in [0.15, 0.2) is 0 Å². The van der Waals surface area contributed by atoms with Crippen LogP contribution in [0.15, 0.2) is 78.9 Å². The van der Waals surface area contributed by atoms with E-state index in [0.29, 0.717) is 13.0 Å². The highest BCUT2D eigenvalue weighted by Gasteiger charge is 2.23. The number of aryl methyl sites for hydroxylation is 1. The van der Waals surface area contributed by atoms with Crippen LogP contribution in [0.25, 0.3) is 11.1 Å². The van der Waals surface area contributed by atoms with Crippen LogP contribution in [0.4, 0.5) is 10.5 Å². The summed E-state index contributed by atoms with van der Waals surface area (Å²) < 4.78 is 5.29. The average molecular weight is 545 g/mol. The predicted octanol–water partition coefficient (Wildman–Crippen LogP) is 6.64. The number of carbonyl (C=O) groups is 3. The first kappa shape index (κ1) is 30.4. The van der Waals surface area contributed by atoms with Crippen molar-refractivity contribution in [3.8, 4) is 11.1 Å². The van der Waals surface area contributed by atoms with Crippen molar-refractivity contribution in [2.75, 3.05) is 18.5 Å². The van der Waals surface area contributed by atoms with E-state index in [1.54, 1.807) is 11.9 Å². The third kappa shape index (κ3) is 9.88. The second-order valence-electron chi connectivity index (χ2n) is 9.96. The van der Waals surface area contributed by atoms with E-state index >= 15 is 0 Å². The average Bonchev–Trinajstić information content (AvgIpc) is 2.98. The Hall–Kier alpha value is -4.13. The van der Waals surface area contributed by atoms with Crippen LogP contribution in [0.1, 0.15) is 56.6 Å². The summed E-state index contributed by atoms with van der Waals surface area (Å²) in [5.41, 5.74) is 4.39. The number of hydrogen-bond acceptors (Lipinski definition) is 4. The molecule has 3 aromatic carbocycles. The van der Waals surface area contributed by atoms with Crippen LogP contribution in [0.2, 0.25) is 0 Å². The summed E-state index contributed by atoms with van der Waals surface area (Å²) in [5.74, 6) is -1.71. The molecule has 0 heterocycles. The number of aliphatic carboxylic acids is 1. The molecule has 0 aliphatic heterocycles. The van der Waals surface area contributed by atoms with Gasteiger partial charge >= 0.3 is 18.0 Å². The highest BCUT2D eigenvalue weighted by atomic mass is 16.6. The molecule has 0 spiro atoms. The minimum absolute atomic E-state index is 0.0775. The van der Waals surface area contributed by atoms with Gasteiger partial charge in [-0.25, -0.2) is 9.59 Å². The normalized spacial score (nSPS) is 11.4. The second kappa shape index (κ2) is 16.1. The number of carboxylic acid groups (broad SMARTS) is 1. The van der Waals surface area contributed by atoms with Crippen LogP contribution in [0.5, 0.6) is 0 Å². The topological polar surface area (TPSA) is 95.9 Å². The smallest absolute Gasteiger partial charge is 0.345 e. The van der Waals surface area contributed by atoms with Gasteiger partial charge in [-0.05, 0) is 47.2 Å². The molecule has 0 aliphatic carbocycles. The Morgan fingerprint density at radius 2 is 1.57 bits per heavy atom. The number of carbonyl (C=O) groups excluding carboxylic acids is 2. The van der Waals surface area contributed by atoms with Crippen LogP contribution in [-0.4, -0.2) is 42.8 Å². The zero-order chi connectivity index (χ0) is 28.7. The van der Waals surface area contributed by atoms with Crippen LogP contribution in [-0.2, 0) is 27.2 Å². The van der Waals surface area contributed by atoms with Gasteiger partial charge in [0.25, 0.3) is 0 Å². The Balaban J connectivity index is 1.55. The number of carboxylic acids is 1. The maximum absolute atomic E-state index is 12.6. The predicted molar refractivity (Wildman–Crippen MR) is 158 cm³/mol. The van der Waals surface area contributed by atoms with Crippen LogP contribution in [0.3, 0.4) is 0 Å². The molecule has 0 saturated heterocycles. The zero-order valence-electron chi connectivity index (χ0n) is 23.5. The number of anilines is 1. The minimum atomic E-state index is -1.25. The minimum Gasteiger partial charge on any atom is -0.478 e. The van der Waals surface area contributed by atoms with Gasteiger partial charge in [-0.3, -0.25) is 9.69 Å². The van der Waals surface area contributed by atoms with Crippen molar-refractivity contribution < 1.29 is 24.2 Å². The van der Waals surface area contributed by atoms with Crippen molar-refractivity contribution >= 4 is 23.7 Å². The van der Waals surface area contributed by atoms with Gasteiger partial charge in [0.2, 0.25) is 6.10 Å². The summed E-state index contributed by atoms with van der Waals surface area (Å²) in [6.07, 6.45) is 5.15. The molecule has 2 N–H and O–H groups in total. The lowest BCUT2D eigenvalue weighted by Crippen LogP contribution is -2.37. The summed E-state index contributed by atoms with van der Waals surface area (Å²) >= 11 is 0. The van der Waals surface area contributed by atoms with Gasteiger partial charge in [0, 0.05) is 32.1 Å². The molecular weight excluding hydrogens is 504 g/mol. The first-order valence-electron chi connectivity index (χ1n) is 14.0. The number of benzene rings is 3. The van der Waals surface area contributed by atoms with E-state index in [2.05, 4.69) is 12.2 Å². The Bertz CT molecular complexity index is 1230. The van der Waals surface area contributed by atoms with Crippen LogP contribution < -0.4 is 10.2 Å². The molecule has 2 amide bonds. The Morgan fingerprint density at radius 1 is 0.850 bits per heavy atom. The molecule has 1 atom stereocenters. The maximum Gasteiger partial charge on any atom is 0.345 e. The van der Waals surface area contributed by atoms with E-state index in [9.17, 15) is 19.5 Å². The monoisotopic (exact) mass is 544 g/mol. The van der Waals surface area contributed by atoms with E-state index in [-0.39, 0.29) is 18.9 Å². The van der Waals surface area contributed by atoms with Gasteiger partial charge in [-0.15, -0.1) is 0 Å². The van der Waals surface area contributed by atoms with E-state index < -0.39 is 18.0 Å². The summed E-state index contributed by atoms with van der Waals surface area (Å²) in [6, 6.07) is 24.6. The lowest BCUT2D eigenvalue weighted by molar-refractivity contribution is -0.163. The van der Waals surface area contributed by atoms with Gasteiger partial charge in [0.05, 0.1) is 0 Å². The van der Waals surface area contributed by atoms with Crippen molar-refractivity contribution in [3.05, 3.63) is 90.0 Å². The summed E-state index contributed by atoms with van der Waals surface area (Å²) in [4.78, 5) is 38.3. The molecule has 40 heavy (non-hydrogen) atoms. The number of amides is 2. The van der Waals surface area contributed by atoms with Gasteiger partial charge < -0.3 is 15.2 Å². The molecule has 0 bridgehead atoms. The number of ether oxygens (including phenoxy) is 1. The molecule has 0 radical (unpaired) electrons. The molecule has 3 rings (SSSR count). The standard InChI is InChI=1S/C33H40N2O5/c1-3-4-5-6-10-22-34-33(39)35(2)29-15-11-14-28(24-29)27-19-16-26(17-20-27)23-30(32(37)38)40-31(36)21-18-25-12-8-7-9-13-25/h7-9,11-17,19-20,24,30H,3-6,10,18,21-23H2,1-2H3,(H,34,39)(H,37,38). The quantitative estimate of drug-likeness (QED) is 0.165. The molecule has 0 fully saturated rings. The number of nitrogens with one attached hydrogen (secondary N) is 1. The summed E-state index contributed by atoms with van der Waals surface area (Å²) in [5, 5.41) is 12.6. The number of esters is 1. The maximum atomic E-state index is 12.6. The fourth-order valence-electron chi connectivity index (χ4n) is 4.39. The molecule has 3 aromatic rings.